The van der Waals surface area contributed by atoms with Gasteiger partial charge in [0.25, 0.3) is 0 Å². The van der Waals surface area contributed by atoms with Crippen LogP contribution in [0, 0.1) is 5.92 Å². The monoisotopic (exact) mass is 327 g/mol. The van der Waals surface area contributed by atoms with E-state index in [1.165, 1.54) is 5.56 Å². The topological polar surface area (TPSA) is 62.2 Å². The number of nitrogens with one attached hydrogen (secondary N) is 2. The van der Waals surface area contributed by atoms with E-state index in [9.17, 15) is 4.79 Å². The van der Waals surface area contributed by atoms with Crippen LogP contribution in [0.15, 0.2) is 42.6 Å². The van der Waals surface area contributed by atoms with E-state index in [4.69, 9.17) is 0 Å². The second-order valence-corrected chi connectivity index (χ2v) is 6.54. The molecule has 0 radical (unpaired) electrons. The average Bonchev–Trinajstić information content (AvgIpc) is 3.12. The summed E-state index contributed by atoms with van der Waals surface area (Å²) in [6.07, 6.45) is 1.73. The van der Waals surface area contributed by atoms with Crippen molar-refractivity contribution in [3.63, 3.8) is 0 Å². The van der Waals surface area contributed by atoms with Crippen LogP contribution < -0.4 is 10.6 Å². The molecule has 2 N–H and O–H groups in total. The van der Waals surface area contributed by atoms with E-state index >= 15 is 0 Å². The van der Waals surface area contributed by atoms with E-state index in [1.807, 2.05) is 19.2 Å². The van der Waals surface area contributed by atoms with Gasteiger partial charge in [0, 0.05) is 38.9 Å². The summed E-state index contributed by atoms with van der Waals surface area (Å²) in [4.78, 5) is 14.5. The Labute approximate surface area is 142 Å². The van der Waals surface area contributed by atoms with Gasteiger partial charge in [0.15, 0.2) is 0 Å². The molecule has 6 nitrogen and oxygen atoms in total. The molecule has 0 unspecified atom stereocenters. The summed E-state index contributed by atoms with van der Waals surface area (Å²) in [6, 6.07) is 12.4. The molecule has 1 saturated heterocycles. The molecular formula is C18H25N5O. The number of amides is 2. The van der Waals surface area contributed by atoms with Crippen LogP contribution in [0.3, 0.4) is 0 Å². The minimum atomic E-state index is -0.116. The standard InChI is InChI=1S/C18H25N5O/c1-14-11-23(12-15-6-4-3-5-7-15)13-17(14)21-18(24)19-10-16-8-9-20-22(16)2/h3-9,14,17H,10-13H2,1-2H3,(H2,19,21,24)/t14-,17-/m1/s1. The first-order valence-corrected chi connectivity index (χ1v) is 8.39. The Morgan fingerprint density at radius 1 is 1.25 bits per heavy atom. The van der Waals surface area contributed by atoms with Crippen molar-refractivity contribution in [3.05, 3.63) is 53.9 Å². The second-order valence-electron chi connectivity index (χ2n) is 6.54. The van der Waals surface area contributed by atoms with Gasteiger partial charge in [-0.05, 0) is 17.5 Å². The minimum absolute atomic E-state index is 0.116. The molecule has 3 rings (SSSR count). The maximum Gasteiger partial charge on any atom is 0.315 e. The highest BCUT2D eigenvalue weighted by molar-refractivity contribution is 5.74. The lowest BCUT2D eigenvalue weighted by atomic mass is 10.1. The Balaban J connectivity index is 1.46. The van der Waals surface area contributed by atoms with E-state index in [0.717, 1.165) is 25.3 Å². The Hall–Kier alpha value is -2.34. The highest BCUT2D eigenvalue weighted by atomic mass is 16.2. The van der Waals surface area contributed by atoms with Crippen molar-refractivity contribution in [2.75, 3.05) is 13.1 Å². The van der Waals surface area contributed by atoms with Gasteiger partial charge < -0.3 is 10.6 Å². The number of aromatic nitrogens is 2. The molecule has 2 atom stereocenters. The Morgan fingerprint density at radius 2 is 2.04 bits per heavy atom. The van der Waals surface area contributed by atoms with Gasteiger partial charge in [-0.3, -0.25) is 9.58 Å². The molecule has 0 bridgehead atoms. The molecule has 24 heavy (non-hydrogen) atoms. The number of carbonyl (C=O) groups is 1. The number of rotatable bonds is 5. The van der Waals surface area contributed by atoms with Gasteiger partial charge in [0.2, 0.25) is 0 Å². The zero-order chi connectivity index (χ0) is 16.9. The van der Waals surface area contributed by atoms with Crippen LogP contribution in [0.1, 0.15) is 18.2 Å². The molecule has 2 aromatic rings. The maximum absolute atomic E-state index is 12.1. The number of likely N-dealkylation sites (tertiary alicyclic amines) is 1. The van der Waals surface area contributed by atoms with Gasteiger partial charge >= 0.3 is 6.03 Å². The molecule has 1 aliphatic heterocycles. The SMILES string of the molecule is C[C@@H]1CN(Cc2ccccc2)C[C@H]1NC(=O)NCc1ccnn1C. The molecule has 2 heterocycles. The van der Waals surface area contributed by atoms with Gasteiger partial charge in [0.1, 0.15) is 0 Å². The number of aryl methyl sites for hydroxylation is 1. The van der Waals surface area contributed by atoms with Crippen molar-refractivity contribution in [2.24, 2.45) is 13.0 Å². The van der Waals surface area contributed by atoms with Crippen LogP contribution in [0.25, 0.3) is 0 Å². The first-order chi connectivity index (χ1) is 11.6. The van der Waals surface area contributed by atoms with Crippen LogP contribution in [-0.2, 0) is 20.1 Å². The van der Waals surface area contributed by atoms with Gasteiger partial charge in [0.05, 0.1) is 12.2 Å². The van der Waals surface area contributed by atoms with Crippen molar-refractivity contribution in [1.82, 2.24) is 25.3 Å². The fourth-order valence-corrected chi connectivity index (χ4v) is 3.19. The highest BCUT2D eigenvalue weighted by Crippen LogP contribution is 2.18. The number of nitrogens with zero attached hydrogens (tertiary/aromatic N) is 3. The lowest BCUT2D eigenvalue weighted by Gasteiger charge is -2.18. The smallest absolute Gasteiger partial charge is 0.315 e. The summed E-state index contributed by atoms with van der Waals surface area (Å²) in [5.74, 6) is 0.441. The van der Waals surface area contributed by atoms with Crippen LogP contribution in [0.4, 0.5) is 4.79 Å². The van der Waals surface area contributed by atoms with Crippen LogP contribution in [0.2, 0.25) is 0 Å². The molecule has 0 aliphatic carbocycles. The Kier molecular flexibility index (Phi) is 5.15. The molecular weight excluding hydrogens is 302 g/mol. The van der Waals surface area contributed by atoms with Crippen molar-refractivity contribution >= 4 is 6.03 Å². The number of carbonyl (C=O) groups excluding carboxylic acids is 1. The van der Waals surface area contributed by atoms with Gasteiger partial charge in [-0.25, -0.2) is 4.79 Å². The van der Waals surface area contributed by atoms with Crippen LogP contribution in [-0.4, -0.2) is 39.8 Å². The van der Waals surface area contributed by atoms with Crippen molar-refractivity contribution < 1.29 is 4.79 Å². The zero-order valence-electron chi connectivity index (χ0n) is 14.3. The Morgan fingerprint density at radius 3 is 2.75 bits per heavy atom. The largest absolute Gasteiger partial charge is 0.334 e. The lowest BCUT2D eigenvalue weighted by Crippen LogP contribution is -2.45. The molecule has 6 heteroatoms. The fraction of sp³-hybridized carbons (Fsp3) is 0.444. The third-order valence-electron chi connectivity index (χ3n) is 4.61. The predicted molar refractivity (Wildman–Crippen MR) is 93.3 cm³/mol. The second kappa shape index (κ2) is 7.49. The molecule has 1 aromatic heterocycles. The van der Waals surface area contributed by atoms with Gasteiger partial charge in [-0.2, -0.15) is 5.10 Å². The van der Waals surface area contributed by atoms with Crippen molar-refractivity contribution in [1.29, 1.82) is 0 Å². The third-order valence-corrected chi connectivity index (χ3v) is 4.61. The average molecular weight is 327 g/mol. The third kappa shape index (κ3) is 4.14. The normalized spacial score (nSPS) is 20.9. The summed E-state index contributed by atoms with van der Waals surface area (Å²) >= 11 is 0. The quantitative estimate of drug-likeness (QED) is 0.879. The van der Waals surface area contributed by atoms with E-state index in [1.54, 1.807) is 10.9 Å². The minimum Gasteiger partial charge on any atom is -0.334 e. The summed E-state index contributed by atoms with van der Waals surface area (Å²) in [5.41, 5.74) is 2.29. The molecule has 1 aromatic carbocycles. The molecule has 128 valence electrons. The maximum atomic E-state index is 12.1. The first-order valence-electron chi connectivity index (χ1n) is 8.39. The van der Waals surface area contributed by atoms with E-state index in [2.05, 4.69) is 51.8 Å². The number of urea groups is 1. The van der Waals surface area contributed by atoms with Gasteiger partial charge in [-0.1, -0.05) is 37.3 Å². The van der Waals surface area contributed by atoms with E-state index < -0.39 is 0 Å². The fourth-order valence-electron chi connectivity index (χ4n) is 3.19. The highest BCUT2D eigenvalue weighted by Gasteiger charge is 2.30. The summed E-state index contributed by atoms with van der Waals surface area (Å²) < 4.78 is 1.76. The molecule has 0 saturated carbocycles. The summed E-state index contributed by atoms with van der Waals surface area (Å²) in [5, 5.41) is 10.1. The molecule has 1 fully saturated rings. The summed E-state index contributed by atoms with van der Waals surface area (Å²) in [7, 11) is 1.87. The predicted octanol–water partition coefficient (Wildman–Crippen LogP) is 1.74. The van der Waals surface area contributed by atoms with Crippen molar-refractivity contribution in [3.8, 4) is 0 Å². The molecule has 1 aliphatic rings. The molecule has 0 spiro atoms. The van der Waals surface area contributed by atoms with E-state index in [0.29, 0.717) is 12.5 Å². The van der Waals surface area contributed by atoms with Gasteiger partial charge in [-0.15, -0.1) is 0 Å². The van der Waals surface area contributed by atoms with Crippen LogP contribution >= 0.6 is 0 Å². The lowest BCUT2D eigenvalue weighted by molar-refractivity contribution is 0.234. The molecule has 2 amide bonds. The Bertz CT molecular complexity index is 669. The number of benzene rings is 1. The summed E-state index contributed by atoms with van der Waals surface area (Å²) in [6.45, 7) is 5.49. The van der Waals surface area contributed by atoms with E-state index in [-0.39, 0.29) is 12.1 Å². The zero-order valence-corrected chi connectivity index (χ0v) is 14.3. The number of hydrogen-bond acceptors (Lipinski definition) is 3. The van der Waals surface area contributed by atoms with Crippen molar-refractivity contribution in [2.45, 2.75) is 26.1 Å². The first kappa shape index (κ1) is 16.5. The van der Waals surface area contributed by atoms with Crippen LogP contribution in [0.5, 0.6) is 0 Å². The number of hydrogen-bond donors (Lipinski definition) is 2.